The standard InChI is InChI=1S/C31H27BrN2O3/c1-31(2,3)21-14-12-20(13-15-21)28(35)33(22-8-5-4-6-9-22)18-19-34-29(36)24-11-7-10-23-26(32)17-16-25(27(23)24)30(34)37/h4-17H,18-19H2,1-3H3. The quantitative estimate of drug-likeness (QED) is 0.253. The highest BCUT2D eigenvalue weighted by Crippen LogP contribution is 2.34. The van der Waals surface area contributed by atoms with Crippen molar-refractivity contribution < 1.29 is 14.4 Å². The second-order valence-electron chi connectivity index (χ2n) is 10.2. The van der Waals surface area contributed by atoms with Crippen molar-refractivity contribution in [1.82, 2.24) is 4.90 Å². The number of anilines is 1. The van der Waals surface area contributed by atoms with Crippen LogP contribution in [0.2, 0.25) is 0 Å². The molecule has 4 aromatic rings. The molecule has 0 unspecified atom stereocenters. The first-order valence-corrected chi connectivity index (χ1v) is 13.0. The van der Waals surface area contributed by atoms with Gasteiger partial charge in [-0.1, -0.05) is 79.2 Å². The Hall–Kier alpha value is -3.77. The number of amides is 3. The number of halogens is 1. The highest BCUT2D eigenvalue weighted by Gasteiger charge is 2.34. The smallest absolute Gasteiger partial charge is 0.261 e. The number of nitrogens with zero attached hydrogens (tertiary/aromatic N) is 2. The lowest BCUT2D eigenvalue weighted by atomic mass is 9.86. The third-order valence-corrected chi connectivity index (χ3v) is 7.49. The van der Waals surface area contributed by atoms with Crippen LogP contribution in [0.15, 0.2) is 89.4 Å². The summed E-state index contributed by atoms with van der Waals surface area (Å²) in [4.78, 5) is 43.4. The molecule has 0 atom stereocenters. The highest BCUT2D eigenvalue weighted by atomic mass is 79.9. The Morgan fingerprint density at radius 1 is 0.811 bits per heavy atom. The number of carbonyl (C=O) groups excluding carboxylic acids is 3. The third kappa shape index (κ3) is 4.58. The first-order valence-electron chi connectivity index (χ1n) is 12.2. The van der Waals surface area contributed by atoms with Gasteiger partial charge in [0.05, 0.1) is 0 Å². The molecular weight excluding hydrogens is 528 g/mol. The maximum Gasteiger partial charge on any atom is 0.261 e. The number of benzene rings is 4. The van der Waals surface area contributed by atoms with E-state index in [0.717, 1.165) is 15.4 Å². The predicted molar refractivity (Wildman–Crippen MR) is 150 cm³/mol. The van der Waals surface area contributed by atoms with Crippen LogP contribution in [0.25, 0.3) is 10.8 Å². The van der Waals surface area contributed by atoms with Gasteiger partial charge >= 0.3 is 0 Å². The highest BCUT2D eigenvalue weighted by molar-refractivity contribution is 9.10. The SMILES string of the molecule is CC(C)(C)c1ccc(C(=O)N(CCN2C(=O)c3cccc4c(Br)ccc(c34)C2=O)c2ccccc2)cc1. The summed E-state index contributed by atoms with van der Waals surface area (Å²) in [6.45, 7) is 6.63. The second-order valence-corrected chi connectivity index (χ2v) is 11.1. The molecule has 5 rings (SSSR count). The fourth-order valence-electron chi connectivity index (χ4n) is 4.74. The normalized spacial score (nSPS) is 13.2. The zero-order valence-corrected chi connectivity index (χ0v) is 22.6. The van der Waals surface area contributed by atoms with Gasteiger partial charge in [0.25, 0.3) is 17.7 Å². The first kappa shape index (κ1) is 24.9. The molecule has 1 aliphatic heterocycles. The monoisotopic (exact) mass is 554 g/mol. The van der Waals surface area contributed by atoms with Crippen molar-refractivity contribution in [2.45, 2.75) is 26.2 Å². The van der Waals surface area contributed by atoms with E-state index < -0.39 is 0 Å². The molecule has 0 saturated heterocycles. The van der Waals surface area contributed by atoms with Crippen LogP contribution in [0, 0.1) is 0 Å². The summed E-state index contributed by atoms with van der Waals surface area (Å²) >= 11 is 3.52. The van der Waals surface area contributed by atoms with Crippen LogP contribution < -0.4 is 4.90 Å². The minimum absolute atomic E-state index is 0.0234. The lowest BCUT2D eigenvalue weighted by molar-refractivity contribution is 0.0611. The number of carbonyl (C=O) groups is 3. The number of para-hydroxylation sites is 1. The van der Waals surface area contributed by atoms with Crippen LogP contribution in [0.5, 0.6) is 0 Å². The Balaban J connectivity index is 1.45. The number of hydrogen-bond acceptors (Lipinski definition) is 3. The Bertz CT molecular complexity index is 1500. The van der Waals surface area contributed by atoms with E-state index in [1.807, 2.05) is 72.8 Å². The Labute approximate surface area is 224 Å². The van der Waals surface area contributed by atoms with Crippen LogP contribution >= 0.6 is 15.9 Å². The van der Waals surface area contributed by atoms with Crippen molar-refractivity contribution in [3.05, 3.63) is 112 Å². The van der Waals surface area contributed by atoms with E-state index in [2.05, 4.69) is 36.7 Å². The van der Waals surface area contributed by atoms with E-state index in [1.165, 1.54) is 4.90 Å². The molecule has 0 N–H and O–H groups in total. The van der Waals surface area contributed by atoms with Gasteiger partial charge < -0.3 is 4.90 Å². The molecule has 0 aromatic heterocycles. The molecule has 6 heteroatoms. The fraction of sp³-hybridized carbons (Fsp3) is 0.194. The van der Waals surface area contributed by atoms with Gasteiger partial charge in [0, 0.05) is 45.3 Å². The molecule has 0 spiro atoms. The van der Waals surface area contributed by atoms with Gasteiger partial charge in [-0.15, -0.1) is 0 Å². The number of rotatable bonds is 5. The third-order valence-electron chi connectivity index (χ3n) is 6.80. The fourth-order valence-corrected chi connectivity index (χ4v) is 5.20. The van der Waals surface area contributed by atoms with Gasteiger partial charge in [-0.05, 0) is 58.8 Å². The van der Waals surface area contributed by atoms with Crippen molar-refractivity contribution in [3.63, 3.8) is 0 Å². The van der Waals surface area contributed by atoms with E-state index in [1.54, 1.807) is 17.0 Å². The topological polar surface area (TPSA) is 57.7 Å². The van der Waals surface area contributed by atoms with Gasteiger partial charge in [-0.2, -0.15) is 0 Å². The molecule has 4 aromatic carbocycles. The van der Waals surface area contributed by atoms with Gasteiger partial charge in [0.2, 0.25) is 0 Å². The predicted octanol–water partition coefficient (Wildman–Crippen LogP) is 6.84. The molecule has 0 bridgehead atoms. The summed E-state index contributed by atoms with van der Waals surface area (Å²) < 4.78 is 0.834. The molecule has 1 heterocycles. The number of imide groups is 1. The van der Waals surface area contributed by atoms with Crippen molar-refractivity contribution in [3.8, 4) is 0 Å². The van der Waals surface area contributed by atoms with Crippen molar-refractivity contribution in [2.75, 3.05) is 18.0 Å². The van der Waals surface area contributed by atoms with E-state index in [0.29, 0.717) is 27.8 Å². The zero-order chi connectivity index (χ0) is 26.3. The van der Waals surface area contributed by atoms with E-state index in [9.17, 15) is 14.4 Å². The molecular formula is C31H27BrN2O3. The molecule has 3 amide bonds. The maximum atomic E-state index is 13.7. The Morgan fingerprint density at radius 3 is 2.11 bits per heavy atom. The molecule has 1 aliphatic rings. The molecule has 0 fully saturated rings. The molecule has 0 radical (unpaired) electrons. The summed E-state index contributed by atoms with van der Waals surface area (Å²) in [5, 5.41) is 1.49. The second kappa shape index (κ2) is 9.60. The van der Waals surface area contributed by atoms with Gasteiger partial charge in [0.15, 0.2) is 0 Å². The molecule has 37 heavy (non-hydrogen) atoms. The zero-order valence-electron chi connectivity index (χ0n) is 21.0. The summed E-state index contributed by atoms with van der Waals surface area (Å²) in [5.74, 6) is -0.887. The molecule has 0 aliphatic carbocycles. The average Bonchev–Trinajstić information content (AvgIpc) is 2.90. The van der Waals surface area contributed by atoms with Crippen LogP contribution in [0.3, 0.4) is 0 Å². The summed E-state index contributed by atoms with van der Waals surface area (Å²) in [6.07, 6.45) is 0. The van der Waals surface area contributed by atoms with Crippen LogP contribution in [0.1, 0.15) is 57.4 Å². The van der Waals surface area contributed by atoms with E-state index >= 15 is 0 Å². The van der Waals surface area contributed by atoms with E-state index in [-0.39, 0.29) is 36.2 Å². The van der Waals surface area contributed by atoms with Gasteiger partial charge in [-0.25, -0.2) is 0 Å². The lowest BCUT2D eigenvalue weighted by Crippen LogP contribution is -2.46. The first-order chi connectivity index (χ1) is 17.7. The average molecular weight is 555 g/mol. The Kier molecular flexibility index (Phi) is 6.46. The van der Waals surface area contributed by atoms with Gasteiger partial charge in [0.1, 0.15) is 0 Å². The summed E-state index contributed by atoms with van der Waals surface area (Å²) in [5.41, 5.74) is 3.35. The molecule has 0 saturated carbocycles. The van der Waals surface area contributed by atoms with Crippen molar-refractivity contribution in [2.24, 2.45) is 0 Å². The summed E-state index contributed by atoms with van der Waals surface area (Å²) in [7, 11) is 0. The van der Waals surface area contributed by atoms with Crippen LogP contribution in [-0.4, -0.2) is 35.7 Å². The van der Waals surface area contributed by atoms with Gasteiger partial charge in [-0.3, -0.25) is 19.3 Å². The number of hydrogen-bond donors (Lipinski definition) is 0. The van der Waals surface area contributed by atoms with Crippen LogP contribution in [-0.2, 0) is 5.41 Å². The molecule has 186 valence electrons. The Morgan fingerprint density at radius 2 is 1.46 bits per heavy atom. The maximum absolute atomic E-state index is 13.7. The summed E-state index contributed by atoms with van der Waals surface area (Å²) in [6, 6.07) is 26.0. The lowest BCUT2D eigenvalue weighted by Gasteiger charge is -2.30. The van der Waals surface area contributed by atoms with Crippen LogP contribution in [0.4, 0.5) is 5.69 Å². The largest absolute Gasteiger partial charge is 0.307 e. The van der Waals surface area contributed by atoms with Crippen molar-refractivity contribution in [1.29, 1.82) is 0 Å². The van der Waals surface area contributed by atoms with Crippen molar-refractivity contribution >= 4 is 50.1 Å². The minimum atomic E-state index is -0.351. The minimum Gasteiger partial charge on any atom is -0.307 e. The molecule has 5 nitrogen and oxygen atoms in total. The van der Waals surface area contributed by atoms with E-state index in [4.69, 9.17) is 0 Å².